The van der Waals surface area contributed by atoms with Gasteiger partial charge in [0.1, 0.15) is 6.29 Å². The van der Waals surface area contributed by atoms with Crippen LogP contribution in [-0.2, 0) is 9.59 Å². The van der Waals surface area contributed by atoms with Gasteiger partial charge in [-0.05, 0) is 6.92 Å². The average Bonchev–Trinajstić information content (AvgIpc) is 1.68. The van der Waals surface area contributed by atoms with Crippen molar-refractivity contribution in [1.29, 1.82) is 0 Å². The van der Waals surface area contributed by atoms with Crippen molar-refractivity contribution in [3.05, 3.63) is 0 Å². The van der Waals surface area contributed by atoms with Crippen molar-refractivity contribution in [2.75, 3.05) is 0 Å². The second kappa shape index (κ2) is 3.33. The molecule has 1 atom stereocenters. The topological polar surface area (TPSA) is 46.2 Å². The number of aldehydes is 1. The van der Waals surface area contributed by atoms with Crippen molar-refractivity contribution in [3.63, 3.8) is 0 Å². The van der Waals surface area contributed by atoms with Gasteiger partial charge in [-0.15, -0.1) is 0 Å². The molecule has 3 heteroatoms. The van der Waals surface area contributed by atoms with Gasteiger partial charge >= 0.3 is 6.41 Å². The van der Waals surface area contributed by atoms with Crippen molar-refractivity contribution in [2.45, 2.75) is 13.0 Å². The fraction of sp³-hybridized carbons (Fsp3) is 0.500. The van der Waals surface area contributed by atoms with Crippen LogP contribution in [0, 0.1) is 0 Å². The molecule has 0 bridgehead atoms. The molecule has 0 heterocycles. The highest BCUT2D eigenvalue weighted by Crippen LogP contribution is 1.65. The van der Waals surface area contributed by atoms with Crippen LogP contribution in [0.3, 0.4) is 0 Å². The minimum Gasteiger partial charge on any atom is -0.339 e. The Morgan fingerprint density at radius 1 is 1.86 bits per heavy atom. The van der Waals surface area contributed by atoms with E-state index in [9.17, 15) is 9.59 Å². The predicted molar refractivity (Wildman–Crippen MR) is 24.4 cm³/mol. The number of hydrogen-bond acceptors (Lipinski definition) is 2. The molecule has 0 fully saturated rings. The Morgan fingerprint density at radius 2 is 2.43 bits per heavy atom. The molecule has 7 heavy (non-hydrogen) atoms. The Labute approximate surface area is 41.7 Å². The smallest absolute Gasteiger partial charge is 0.309 e. The van der Waals surface area contributed by atoms with Gasteiger partial charge < -0.3 is 10.1 Å². The minimum absolute atomic E-state index is 0.405. The molecule has 0 aliphatic carbocycles. The van der Waals surface area contributed by atoms with E-state index < -0.39 is 6.04 Å². The summed E-state index contributed by atoms with van der Waals surface area (Å²) in [5.41, 5.74) is 0. The molecule has 0 rings (SSSR count). The fourth-order valence-corrected chi connectivity index (χ4v) is 0.127. The van der Waals surface area contributed by atoms with E-state index in [-0.39, 0.29) is 0 Å². The van der Waals surface area contributed by atoms with Gasteiger partial charge in [0.15, 0.2) is 0 Å². The molecule has 1 unspecified atom stereocenters. The standard InChI is InChI=1S/C4H6NO2/c1-4(2-6)5-3-7/h2,4H,1H3,(H,5,7). The summed E-state index contributed by atoms with van der Waals surface area (Å²) in [5, 5.41) is 2.12. The summed E-state index contributed by atoms with van der Waals surface area (Å²) in [5.74, 6) is 0. The third-order valence-electron chi connectivity index (χ3n) is 0.491. The van der Waals surface area contributed by atoms with E-state index in [1.165, 1.54) is 6.41 Å². The summed E-state index contributed by atoms with van der Waals surface area (Å²) in [4.78, 5) is 19.0. The number of amides is 1. The molecule has 1 radical (unpaired) electrons. The van der Waals surface area contributed by atoms with Crippen LogP contribution in [0.1, 0.15) is 6.92 Å². The number of carbonyl (C=O) groups is 1. The van der Waals surface area contributed by atoms with Crippen LogP contribution >= 0.6 is 0 Å². The van der Waals surface area contributed by atoms with Crippen molar-refractivity contribution in [3.8, 4) is 0 Å². The first-order valence-electron chi connectivity index (χ1n) is 1.89. The lowest BCUT2D eigenvalue weighted by Crippen LogP contribution is -2.24. The summed E-state index contributed by atoms with van der Waals surface area (Å²) >= 11 is 0. The Hall–Kier alpha value is -0.860. The molecule has 0 saturated carbocycles. The lowest BCUT2D eigenvalue weighted by atomic mass is 10.4. The average molecular weight is 100 g/mol. The Bertz CT molecular complexity index is 72.1. The number of hydrogen-bond donors (Lipinski definition) is 1. The third-order valence-corrected chi connectivity index (χ3v) is 0.491. The Morgan fingerprint density at radius 3 is 2.57 bits per heavy atom. The second-order valence-corrected chi connectivity index (χ2v) is 1.17. The van der Waals surface area contributed by atoms with Gasteiger partial charge in [0, 0.05) is 0 Å². The summed E-state index contributed by atoms with van der Waals surface area (Å²) < 4.78 is 0. The summed E-state index contributed by atoms with van der Waals surface area (Å²) in [6, 6.07) is -0.405. The molecule has 0 aliphatic heterocycles. The van der Waals surface area contributed by atoms with E-state index in [1.807, 2.05) is 0 Å². The van der Waals surface area contributed by atoms with Crippen LogP contribution in [0.15, 0.2) is 0 Å². The van der Waals surface area contributed by atoms with Crippen LogP contribution in [0.5, 0.6) is 0 Å². The van der Waals surface area contributed by atoms with Crippen molar-refractivity contribution in [1.82, 2.24) is 5.32 Å². The maximum Gasteiger partial charge on any atom is 0.309 e. The van der Waals surface area contributed by atoms with E-state index in [4.69, 9.17) is 0 Å². The summed E-state index contributed by atoms with van der Waals surface area (Å²) in [6.07, 6.45) is 2.02. The highest BCUT2D eigenvalue weighted by molar-refractivity contribution is 5.62. The van der Waals surface area contributed by atoms with Crippen LogP contribution < -0.4 is 5.32 Å². The summed E-state index contributed by atoms with van der Waals surface area (Å²) in [7, 11) is 0. The summed E-state index contributed by atoms with van der Waals surface area (Å²) in [6.45, 7) is 1.57. The van der Waals surface area contributed by atoms with Gasteiger partial charge in [0.05, 0.1) is 6.04 Å². The van der Waals surface area contributed by atoms with Crippen molar-refractivity contribution >= 4 is 12.7 Å². The highest BCUT2D eigenvalue weighted by Gasteiger charge is 1.91. The Balaban J connectivity index is 3.15. The zero-order valence-corrected chi connectivity index (χ0v) is 3.97. The van der Waals surface area contributed by atoms with Crippen LogP contribution in [0.25, 0.3) is 0 Å². The van der Waals surface area contributed by atoms with Gasteiger partial charge in [-0.2, -0.15) is 0 Å². The molecule has 0 saturated heterocycles. The van der Waals surface area contributed by atoms with E-state index in [0.29, 0.717) is 6.29 Å². The van der Waals surface area contributed by atoms with Crippen molar-refractivity contribution < 1.29 is 9.59 Å². The predicted octanol–water partition coefficient (Wildman–Crippen LogP) is -0.769. The first-order chi connectivity index (χ1) is 3.31. The van der Waals surface area contributed by atoms with Gasteiger partial charge in [-0.3, -0.25) is 4.79 Å². The molecule has 0 aromatic rings. The zero-order valence-electron chi connectivity index (χ0n) is 3.97. The maximum absolute atomic E-state index is 9.65. The molecule has 1 N–H and O–H groups in total. The molecule has 3 nitrogen and oxygen atoms in total. The molecule has 0 aliphatic rings. The lowest BCUT2D eigenvalue weighted by Gasteiger charge is -1.93. The number of carbonyl (C=O) groups excluding carboxylic acids is 2. The zero-order chi connectivity index (χ0) is 5.70. The van der Waals surface area contributed by atoms with Crippen molar-refractivity contribution in [2.24, 2.45) is 0 Å². The lowest BCUT2D eigenvalue weighted by molar-refractivity contribution is -0.108. The number of rotatable bonds is 3. The van der Waals surface area contributed by atoms with E-state index in [0.717, 1.165) is 0 Å². The molecular weight excluding hydrogens is 94.0 g/mol. The SMILES string of the molecule is CC(C=O)N[C]=O. The first kappa shape index (κ1) is 6.14. The first-order valence-corrected chi connectivity index (χ1v) is 1.89. The van der Waals surface area contributed by atoms with Gasteiger partial charge in [-0.1, -0.05) is 0 Å². The molecule has 39 valence electrons. The van der Waals surface area contributed by atoms with Crippen LogP contribution in [-0.4, -0.2) is 18.7 Å². The molecule has 0 spiro atoms. The minimum atomic E-state index is -0.405. The number of nitrogens with one attached hydrogen (secondary N) is 1. The highest BCUT2D eigenvalue weighted by atomic mass is 16.1. The van der Waals surface area contributed by atoms with Crippen LogP contribution in [0.4, 0.5) is 0 Å². The second-order valence-electron chi connectivity index (χ2n) is 1.17. The quantitative estimate of drug-likeness (QED) is 0.374. The van der Waals surface area contributed by atoms with E-state index in [2.05, 4.69) is 5.32 Å². The van der Waals surface area contributed by atoms with Crippen LogP contribution in [0.2, 0.25) is 0 Å². The maximum atomic E-state index is 9.65. The Kier molecular flexibility index (Phi) is 2.92. The van der Waals surface area contributed by atoms with Gasteiger partial charge in [0.2, 0.25) is 0 Å². The van der Waals surface area contributed by atoms with E-state index >= 15 is 0 Å². The van der Waals surface area contributed by atoms with E-state index in [1.54, 1.807) is 6.92 Å². The molecule has 0 aromatic carbocycles. The molecule has 0 aromatic heterocycles. The molecule has 1 amide bonds. The monoisotopic (exact) mass is 100 g/mol. The normalized spacial score (nSPS) is 12.1. The van der Waals surface area contributed by atoms with Gasteiger partial charge in [-0.25, -0.2) is 0 Å². The van der Waals surface area contributed by atoms with Gasteiger partial charge in [0.25, 0.3) is 0 Å². The largest absolute Gasteiger partial charge is 0.339 e. The third kappa shape index (κ3) is 2.96. The molecular formula is C4H6NO2. The fourth-order valence-electron chi connectivity index (χ4n) is 0.127.